The first-order chi connectivity index (χ1) is 5.11. The summed E-state index contributed by atoms with van der Waals surface area (Å²) in [5, 5.41) is 3.73. The van der Waals surface area contributed by atoms with Crippen LogP contribution in [0.25, 0.3) is 0 Å². The van der Waals surface area contributed by atoms with E-state index in [1.165, 1.54) is 0 Å². The van der Waals surface area contributed by atoms with Crippen molar-refractivity contribution in [1.82, 2.24) is 10.1 Å². The highest BCUT2D eigenvalue weighted by Gasteiger charge is 2.15. The standard InChI is InChI=1S/C8H14N2O/c1-5(2)6(3)8-9-7(4)10-11-8/h5-6H,1-4H3/t6-/m0/s1. The quantitative estimate of drug-likeness (QED) is 0.655. The molecule has 0 radical (unpaired) electrons. The Kier molecular flexibility index (Phi) is 2.27. The number of nitrogens with zero attached hydrogens (tertiary/aromatic N) is 2. The van der Waals surface area contributed by atoms with Crippen LogP contribution in [0, 0.1) is 12.8 Å². The minimum atomic E-state index is 0.358. The van der Waals surface area contributed by atoms with E-state index in [9.17, 15) is 0 Å². The molecular formula is C8H14N2O. The van der Waals surface area contributed by atoms with Gasteiger partial charge in [0.15, 0.2) is 5.82 Å². The Hall–Kier alpha value is -0.860. The van der Waals surface area contributed by atoms with Crippen molar-refractivity contribution in [1.29, 1.82) is 0 Å². The van der Waals surface area contributed by atoms with Crippen LogP contribution in [-0.4, -0.2) is 10.1 Å². The summed E-state index contributed by atoms with van der Waals surface area (Å²) in [6, 6.07) is 0. The van der Waals surface area contributed by atoms with Crippen molar-refractivity contribution in [2.75, 3.05) is 0 Å². The molecule has 62 valence electrons. The van der Waals surface area contributed by atoms with Crippen LogP contribution in [0.15, 0.2) is 4.52 Å². The molecule has 0 aromatic carbocycles. The first-order valence-electron chi connectivity index (χ1n) is 3.91. The fourth-order valence-electron chi connectivity index (χ4n) is 0.783. The van der Waals surface area contributed by atoms with Crippen LogP contribution < -0.4 is 0 Å². The Labute approximate surface area is 66.8 Å². The van der Waals surface area contributed by atoms with Gasteiger partial charge in [-0.2, -0.15) is 4.98 Å². The van der Waals surface area contributed by atoms with E-state index in [1.54, 1.807) is 0 Å². The van der Waals surface area contributed by atoms with Crippen molar-refractivity contribution in [2.45, 2.75) is 33.6 Å². The summed E-state index contributed by atoms with van der Waals surface area (Å²) in [6.07, 6.45) is 0. The second-order valence-corrected chi connectivity index (χ2v) is 3.21. The van der Waals surface area contributed by atoms with Gasteiger partial charge in [0.2, 0.25) is 5.89 Å². The second kappa shape index (κ2) is 3.03. The predicted molar refractivity (Wildman–Crippen MR) is 42.3 cm³/mol. The van der Waals surface area contributed by atoms with Crippen molar-refractivity contribution in [3.63, 3.8) is 0 Å². The van der Waals surface area contributed by atoms with Gasteiger partial charge in [-0.1, -0.05) is 25.9 Å². The second-order valence-electron chi connectivity index (χ2n) is 3.21. The van der Waals surface area contributed by atoms with Crippen molar-refractivity contribution in [3.05, 3.63) is 11.7 Å². The first kappa shape index (κ1) is 8.24. The molecule has 0 fully saturated rings. The Morgan fingerprint density at radius 2 is 1.91 bits per heavy atom. The van der Waals surface area contributed by atoms with E-state index < -0.39 is 0 Å². The monoisotopic (exact) mass is 154 g/mol. The number of hydrogen-bond acceptors (Lipinski definition) is 3. The largest absolute Gasteiger partial charge is 0.339 e. The van der Waals surface area contributed by atoms with Gasteiger partial charge in [0, 0.05) is 5.92 Å². The number of hydrogen-bond donors (Lipinski definition) is 0. The summed E-state index contributed by atoms with van der Waals surface area (Å²) in [4.78, 5) is 4.15. The minimum absolute atomic E-state index is 0.358. The third-order valence-electron chi connectivity index (χ3n) is 1.93. The summed E-state index contributed by atoms with van der Waals surface area (Å²) in [7, 11) is 0. The molecule has 0 unspecified atom stereocenters. The molecule has 0 aliphatic carbocycles. The maximum absolute atomic E-state index is 5.03. The minimum Gasteiger partial charge on any atom is -0.339 e. The molecule has 0 aliphatic rings. The third kappa shape index (κ3) is 1.79. The van der Waals surface area contributed by atoms with E-state index in [0.29, 0.717) is 17.7 Å². The fourth-order valence-corrected chi connectivity index (χ4v) is 0.783. The van der Waals surface area contributed by atoms with Gasteiger partial charge < -0.3 is 4.52 Å². The van der Waals surface area contributed by atoms with E-state index in [-0.39, 0.29) is 0 Å². The van der Waals surface area contributed by atoms with Crippen molar-refractivity contribution >= 4 is 0 Å². The highest BCUT2D eigenvalue weighted by atomic mass is 16.5. The fraction of sp³-hybridized carbons (Fsp3) is 0.750. The molecule has 0 saturated carbocycles. The van der Waals surface area contributed by atoms with Crippen molar-refractivity contribution in [2.24, 2.45) is 5.92 Å². The predicted octanol–water partition coefficient (Wildman–Crippen LogP) is 2.14. The molecule has 1 rings (SSSR count). The molecule has 0 amide bonds. The van der Waals surface area contributed by atoms with E-state index >= 15 is 0 Å². The number of aromatic nitrogens is 2. The molecule has 3 heteroatoms. The van der Waals surface area contributed by atoms with Crippen molar-refractivity contribution in [3.8, 4) is 0 Å². The third-order valence-corrected chi connectivity index (χ3v) is 1.93. The lowest BCUT2D eigenvalue weighted by Crippen LogP contribution is -2.01. The van der Waals surface area contributed by atoms with Crippen LogP contribution in [-0.2, 0) is 0 Å². The summed E-state index contributed by atoms with van der Waals surface area (Å²) in [6.45, 7) is 8.21. The Morgan fingerprint density at radius 1 is 1.27 bits per heavy atom. The lowest BCUT2D eigenvalue weighted by Gasteiger charge is -2.08. The van der Waals surface area contributed by atoms with E-state index in [2.05, 4.69) is 30.9 Å². The van der Waals surface area contributed by atoms with E-state index in [0.717, 1.165) is 5.89 Å². The Bertz CT molecular complexity index is 230. The maximum Gasteiger partial charge on any atom is 0.229 e. The SMILES string of the molecule is Cc1noc([C@@H](C)C(C)C)n1. The molecule has 0 spiro atoms. The summed E-state index contributed by atoms with van der Waals surface area (Å²) >= 11 is 0. The highest BCUT2D eigenvalue weighted by molar-refractivity contribution is 4.91. The molecule has 3 nitrogen and oxygen atoms in total. The molecule has 0 aliphatic heterocycles. The summed E-state index contributed by atoms with van der Waals surface area (Å²) < 4.78 is 5.03. The molecule has 1 atom stereocenters. The Morgan fingerprint density at radius 3 is 2.27 bits per heavy atom. The normalized spacial score (nSPS) is 13.9. The Balaban J connectivity index is 2.76. The number of rotatable bonds is 2. The van der Waals surface area contributed by atoms with Crippen LogP contribution >= 0.6 is 0 Å². The average molecular weight is 154 g/mol. The van der Waals surface area contributed by atoms with E-state index in [1.807, 2.05) is 6.92 Å². The van der Waals surface area contributed by atoms with Crippen LogP contribution in [0.5, 0.6) is 0 Å². The molecular weight excluding hydrogens is 140 g/mol. The number of aryl methyl sites for hydroxylation is 1. The maximum atomic E-state index is 5.03. The van der Waals surface area contributed by atoms with Gasteiger partial charge in [0.1, 0.15) is 0 Å². The topological polar surface area (TPSA) is 38.9 Å². The van der Waals surface area contributed by atoms with Crippen LogP contribution in [0.2, 0.25) is 0 Å². The lowest BCUT2D eigenvalue weighted by atomic mass is 9.98. The molecule has 1 aromatic rings. The van der Waals surface area contributed by atoms with Gasteiger partial charge in [-0.3, -0.25) is 0 Å². The molecule has 0 N–H and O–H groups in total. The summed E-state index contributed by atoms with van der Waals surface area (Å²) in [5.74, 6) is 2.37. The molecule has 1 heterocycles. The highest BCUT2D eigenvalue weighted by Crippen LogP contribution is 2.21. The van der Waals surface area contributed by atoms with Gasteiger partial charge in [0.25, 0.3) is 0 Å². The lowest BCUT2D eigenvalue weighted by molar-refractivity contribution is 0.329. The molecule has 11 heavy (non-hydrogen) atoms. The molecule has 0 saturated heterocycles. The average Bonchev–Trinajstić information content (AvgIpc) is 2.34. The van der Waals surface area contributed by atoms with Gasteiger partial charge in [-0.15, -0.1) is 0 Å². The first-order valence-corrected chi connectivity index (χ1v) is 3.91. The zero-order valence-electron chi connectivity index (χ0n) is 7.46. The van der Waals surface area contributed by atoms with Gasteiger partial charge in [-0.25, -0.2) is 0 Å². The van der Waals surface area contributed by atoms with Crippen molar-refractivity contribution < 1.29 is 4.52 Å². The van der Waals surface area contributed by atoms with Gasteiger partial charge >= 0.3 is 0 Å². The van der Waals surface area contributed by atoms with Gasteiger partial charge in [-0.05, 0) is 12.8 Å². The zero-order chi connectivity index (χ0) is 8.43. The summed E-state index contributed by atoms with van der Waals surface area (Å²) in [5.41, 5.74) is 0. The zero-order valence-corrected chi connectivity index (χ0v) is 7.46. The molecule has 1 aromatic heterocycles. The van der Waals surface area contributed by atoms with Gasteiger partial charge in [0.05, 0.1) is 0 Å². The van der Waals surface area contributed by atoms with E-state index in [4.69, 9.17) is 4.52 Å². The van der Waals surface area contributed by atoms with Crippen LogP contribution in [0.4, 0.5) is 0 Å². The van der Waals surface area contributed by atoms with Crippen LogP contribution in [0.3, 0.4) is 0 Å². The smallest absolute Gasteiger partial charge is 0.229 e. The van der Waals surface area contributed by atoms with Crippen LogP contribution in [0.1, 0.15) is 38.4 Å². The molecule has 0 bridgehead atoms.